The van der Waals surface area contributed by atoms with E-state index < -0.39 is 12.1 Å². The second kappa shape index (κ2) is 10.8. The van der Waals surface area contributed by atoms with Crippen molar-refractivity contribution in [3.05, 3.63) is 0 Å². The van der Waals surface area contributed by atoms with Crippen molar-refractivity contribution >= 4 is 0 Å². The van der Waals surface area contributed by atoms with Gasteiger partial charge >= 0.3 is 6.18 Å². The van der Waals surface area contributed by atoms with Gasteiger partial charge in [0.1, 0.15) is 0 Å². The summed E-state index contributed by atoms with van der Waals surface area (Å²) in [6, 6.07) is 0. The summed E-state index contributed by atoms with van der Waals surface area (Å²) in [6.45, 7) is 3.02. The van der Waals surface area contributed by atoms with Crippen LogP contribution in [0, 0.1) is 17.8 Å². The van der Waals surface area contributed by atoms with Gasteiger partial charge in [0.25, 0.3) is 0 Å². The monoisotopic (exact) mass is 362 g/mol. The zero-order valence-electron chi connectivity index (χ0n) is 16.0. The summed E-state index contributed by atoms with van der Waals surface area (Å²) in [5.41, 5.74) is 0. The lowest BCUT2D eigenvalue weighted by atomic mass is 9.80. The molecular weight excluding hydrogens is 325 g/mol. The molecule has 0 radical (unpaired) electrons. The Morgan fingerprint density at radius 2 is 1.36 bits per heavy atom. The molecule has 0 N–H and O–H groups in total. The summed E-state index contributed by atoms with van der Waals surface area (Å²) >= 11 is 0. The topological polar surface area (TPSA) is 9.23 Å². The van der Waals surface area contributed by atoms with Crippen molar-refractivity contribution < 1.29 is 17.9 Å². The van der Waals surface area contributed by atoms with Crippen LogP contribution in [0.4, 0.5) is 13.2 Å². The van der Waals surface area contributed by atoms with Crippen LogP contribution in [0.1, 0.15) is 96.8 Å². The molecule has 148 valence electrons. The Balaban J connectivity index is 1.51. The standard InChI is InChI=1S/C21H37F3O/c1-2-3-4-5-6-7-17-8-10-18(11-9-17)16-25-20-14-12-19(13-15-20)21(22,23)24/h17-20H,2-16H2,1H3/t17-,18-,19-,20-. The van der Waals surface area contributed by atoms with E-state index >= 15 is 0 Å². The molecule has 2 saturated carbocycles. The van der Waals surface area contributed by atoms with Crippen LogP contribution < -0.4 is 0 Å². The molecule has 0 atom stereocenters. The largest absolute Gasteiger partial charge is 0.391 e. The van der Waals surface area contributed by atoms with Crippen molar-refractivity contribution in [3.8, 4) is 0 Å². The molecule has 2 aliphatic carbocycles. The van der Waals surface area contributed by atoms with Crippen molar-refractivity contribution in [2.45, 2.75) is 109 Å². The van der Waals surface area contributed by atoms with Gasteiger partial charge in [-0.15, -0.1) is 0 Å². The van der Waals surface area contributed by atoms with E-state index in [0.29, 0.717) is 18.8 Å². The Bertz CT molecular complexity index is 340. The fourth-order valence-electron chi connectivity index (χ4n) is 4.55. The summed E-state index contributed by atoms with van der Waals surface area (Å²) in [5, 5.41) is 0. The van der Waals surface area contributed by atoms with E-state index in [-0.39, 0.29) is 18.9 Å². The van der Waals surface area contributed by atoms with Crippen LogP contribution in [0.2, 0.25) is 0 Å². The highest BCUT2D eigenvalue weighted by Gasteiger charge is 2.41. The minimum absolute atomic E-state index is 0.0647. The number of rotatable bonds is 9. The molecule has 2 rings (SSSR count). The highest BCUT2D eigenvalue weighted by atomic mass is 19.4. The van der Waals surface area contributed by atoms with Crippen LogP contribution in [-0.2, 0) is 4.74 Å². The van der Waals surface area contributed by atoms with E-state index in [1.54, 1.807) is 0 Å². The molecule has 0 aromatic heterocycles. The SMILES string of the molecule is CCCCCCC[C@H]1CC[C@H](CO[C@H]2CC[C@H](C(F)(F)F)CC2)CC1. The van der Waals surface area contributed by atoms with Crippen LogP contribution >= 0.6 is 0 Å². The van der Waals surface area contributed by atoms with Crippen molar-refractivity contribution in [1.29, 1.82) is 0 Å². The molecule has 1 nitrogen and oxygen atoms in total. The van der Waals surface area contributed by atoms with E-state index in [0.717, 1.165) is 12.5 Å². The van der Waals surface area contributed by atoms with Crippen molar-refractivity contribution in [2.75, 3.05) is 6.61 Å². The lowest BCUT2D eigenvalue weighted by Crippen LogP contribution is -2.31. The highest BCUT2D eigenvalue weighted by Crippen LogP contribution is 2.39. The van der Waals surface area contributed by atoms with Crippen molar-refractivity contribution in [1.82, 2.24) is 0 Å². The van der Waals surface area contributed by atoms with E-state index in [4.69, 9.17) is 4.74 Å². The molecule has 25 heavy (non-hydrogen) atoms. The highest BCUT2D eigenvalue weighted by molar-refractivity contribution is 4.78. The molecule has 0 aliphatic heterocycles. The lowest BCUT2D eigenvalue weighted by Gasteiger charge is -2.32. The minimum Gasteiger partial charge on any atom is -0.378 e. The fourth-order valence-corrected chi connectivity index (χ4v) is 4.55. The summed E-state index contributed by atoms with van der Waals surface area (Å²) in [7, 11) is 0. The van der Waals surface area contributed by atoms with Crippen LogP contribution in [0.25, 0.3) is 0 Å². The molecule has 0 saturated heterocycles. The lowest BCUT2D eigenvalue weighted by molar-refractivity contribution is -0.188. The van der Waals surface area contributed by atoms with E-state index in [2.05, 4.69) is 6.92 Å². The normalized spacial score (nSPS) is 31.2. The second-order valence-corrected chi connectivity index (χ2v) is 8.44. The first-order chi connectivity index (χ1) is 12.0. The number of halogens is 3. The molecule has 0 aromatic carbocycles. The quantitative estimate of drug-likeness (QED) is 0.391. The molecule has 0 heterocycles. The van der Waals surface area contributed by atoms with Gasteiger partial charge in [-0.05, 0) is 50.4 Å². The van der Waals surface area contributed by atoms with E-state index in [1.165, 1.54) is 64.2 Å². The van der Waals surface area contributed by atoms with E-state index in [1.807, 2.05) is 0 Å². The fraction of sp³-hybridized carbons (Fsp3) is 1.00. The average molecular weight is 363 g/mol. The van der Waals surface area contributed by atoms with Gasteiger partial charge in [-0.1, -0.05) is 58.3 Å². The third-order valence-corrected chi connectivity index (χ3v) is 6.39. The van der Waals surface area contributed by atoms with E-state index in [9.17, 15) is 13.2 Å². The van der Waals surface area contributed by atoms with Gasteiger partial charge < -0.3 is 4.74 Å². The maximum absolute atomic E-state index is 12.7. The molecule has 2 fully saturated rings. The van der Waals surface area contributed by atoms with Crippen LogP contribution in [0.5, 0.6) is 0 Å². The van der Waals surface area contributed by atoms with Gasteiger partial charge in [0.15, 0.2) is 0 Å². The first kappa shape index (κ1) is 21.1. The minimum atomic E-state index is -4.01. The van der Waals surface area contributed by atoms with Crippen LogP contribution in [0.15, 0.2) is 0 Å². The smallest absolute Gasteiger partial charge is 0.378 e. The van der Waals surface area contributed by atoms with Gasteiger partial charge in [0, 0.05) is 6.61 Å². The Morgan fingerprint density at radius 3 is 1.96 bits per heavy atom. The second-order valence-electron chi connectivity index (χ2n) is 8.44. The molecule has 0 unspecified atom stereocenters. The maximum Gasteiger partial charge on any atom is 0.391 e. The maximum atomic E-state index is 12.7. The molecule has 4 heteroatoms. The van der Waals surface area contributed by atoms with Crippen LogP contribution in [0.3, 0.4) is 0 Å². The average Bonchev–Trinajstić information content (AvgIpc) is 2.60. The molecule has 2 aliphatic rings. The first-order valence-corrected chi connectivity index (χ1v) is 10.7. The third kappa shape index (κ3) is 7.88. The van der Waals surface area contributed by atoms with Crippen LogP contribution in [-0.4, -0.2) is 18.9 Å². The number of unbranched alkanes of at least 4 members (excludes halogenated alkanes) is 4. The van der Waals surface area contributed by atoms with Crippen molar-refractivity contribution in [3.63, 3.8) is 0 Å². The van der Waals surface area contributed by atoms with Gasteiger partial charge in [0.05, 0.1) is 12.0 Å². The summed E-state index contributed by atoms with van der Waals surface area (Å²) in [6.07, 6.45) is 11.1. The van der Waals surface area contributed by atoms with Crippen molar-refractivity contribution in [2.24, 2.45) is 17.8 Å². The van der Waals surface area contributed by atoms with Gasteiger partial charge in [-0.3, -0.25) is 0 Å². The number of ether oxygens (including phenoxy) is 1. The predicted octanol–water partition coefficient (Wildman–Crippen LogP) is 7.29. The third-order valence-electron chi connectivity index (χ3n) is 6.39. The molecule has 0 aromatic rings. The van der Waals surface area contributed by atoms with Gasteiger partial charge in [-0.2, -0.15) is 13.2 Å². The molecular formula is C21H37F3O. The van der Waals surface area contributed by atoms with Gasteiger partial charge in [-0.25, -0.2) is 0 Å². The zero-order chi connectivity index (χ0) is 18.1. The zero-order valence-corrected chi connectivity index (χ0v) is 16.0. The number of alkyl halides is 3. The Labute approximate surface area is 152 Å². The Morgan fingerprint density at radius 1 is 0.760 bits per heavy atom. The van der Waals surface area contributed by atoms with Gasteiger partial charge in [0.2, 0.25) is 0 Å². The Kier molecular flexibility index (Phi) is 9.09. The Hall–Kier alpha value is -0.250. The summed E-state index contributed by atoms with van der Waals surface area (Å²) < 4.78 is 44.0. The molecule has 0 amide bonds. The number of hydrogen-bond donors (Lipinski definition) is 0. The molecule has 0 spiro atoms. The first-order valence-electron chi connectivity index (χ1n) is 10.7. The summed E-state index contributed by atoms with van der Waals surface area (Å²) in [4.78, 5) is 0. The predicted molar refractivity (Wildman–Crippen MR) is 96.6 cm³/mol. The summed E-state index contributed by atoms with van der Waals surface area (Å²) in [5.74, 6) is 0.442. The molecule has 0 bridgehead atoms. The number of hydrogen-bond acceptors (Lipinski definition) is 1.